The highest BCUT2D eigenvalue weighted by molar-refractivity contribution is 9.10. The van der Waals surface area contributed by atoms with Crippen LogP contribution in [0.25, 0.3) is 0 Å². The van der Waals surface area contributed by atoms with Crippen molar-refractivity contribution in [2.75, 3.05) is 0 Å². The van der Waals surface area contributed by atoms with Crippen LogP contribution in [0.2, 0.25) is 0 Å². The molecule has 0 radical (unpaired) electrons. The van der Waals surface area contributed by atoms with Gasteiger partial charge >= 0.3 is 0 Å². The normalized spacial score (nSPS) is 11.8. The minimum Gasteiger partial charge on any atom is -0.326 e. The fraction of sp³-hybridized carbons (Fsp3) is 0.455. The summed E-state index contributed by atoms with van der Waals surface area (Å²) in [6.45, 7) is 3.95. The highest BCUT2D eigenvalue weighted by Crippen LogP contribution is 2.18. The van der Waals surface area contributed by atoms with Crippen LogP contribution in [0.5, 0.6) is 0 Å². The van der Waals surface area contributed by atoms with E-state index in [9.17, 15) is 4.39 Å². The third-order valence-corrected chi connectivity index (χ3v) is 2.69. The van der Waals surface area contributed by atoms with Gasteiger partial charge in [-0.3, -0.25) is 0 Å². The van der Waals surface area contributed by atoms with E-state index in [4.69, 9.17) is 5.73 Å². The molecule has 0 saturated carbocycles. The van der Waals surface area contributed by atoms with Crippen molar-refractivity contribution in [1.82, 2.24) is 0 Å². The van der Waals surface area contributed by atoms with Gasteiger partial charge in [0.25, 0.3) is 0 Å². The molecule has 0 saturated heterocycles. The van der Waals surface area contributed by atoms with Crippen LogP contribution in [0.1, 0.15) is 25.8 Å². The molecule has 0 heterocycles. The molecule has 14 heavy (non-hydrogen) atoms. The lowest BCUT2D eigenvalue weighted by Crippen LogP contribution is -2.32. The number of halogens is 2. The van der Waals surface area contributed by atoms with E-state index in [0.717, 1.165) is 18.4 Å². The standard InChI is InChI=1S/C11H15BrFN/c1-11(2,14)6-5-8-3-4-9(12)10(13)7-8/h3-4,7H,5-6,14H2,1-2H3. The maximum absolute atomic E-state index is 13.1. The van der Waals surface area contributed by atoms with Gasteiger partial charge in [-0.15, -0.1) is 0 Å². The quantitative estimate of drug-likeness (QED) is 0.886. The van der Waals surface area contributed by atoms with E-state index in [2.05, 4.69) is 15.9 Å². The number of hydrogen-bond donors (Lipinski definition) is 1. The van der Waals surface area contributed by atoms with Crippen LogP contribution < -0.4 is 5.73 Å². The summed E-state index contributed by atoms with van der Waals surface area (Å²) in [5.74, 6) is -0.211. The summed E-state index contributed by atoms with van der Waals surface area (Å²) in [5.41, 5.74) is 6.65. The van der Waals surface area contributed by atoms with Crippen LogP contribution >= 0.6 is 15.9 Å². The van der Waals surface area contributed by atoms with E-state index >= 15 is 0 Å². The third-order valence-electron chi connectivity index (χ3n) is 2.04. The number of aryl methyl sites for hydroxylation is 1. The van der Waals surface area contributed by atoms with Gasteiger partial charge in [0, 0.05) is 5.54 Å². The average Bonchev–Trinajstić information content (AvgIpc) is 2.06. The van der Waals surface area contributed by atoms with E-state index in [0.29, 0.717) is 4.47 Å². The first-order chi connectivity index (χ1) is 6.38. The van der Waals surface area contributed by atoms with Crippen LogP contribution in [0.15, 0.2) is 22.7 Å². The van der Waals surface area contributed by atoms with Gasteiger partial charge in [-0.25, -0.2) is 4.39 Å². The van der Waals surface area contributed by atoms with Gasteiger partial charge in [-0.2, -0.15) is 0 Å². The molecule has 1 aromatic carbocycles. The molecule has 0 aliphatic carbocycles. The molecule has 0 aliphatic rings. The second-order valence-electron chi connectivity index (χ2n) is 4.24. The highest BCUT2D eigenvalue weighted by Gasteiger charge is 2.10. The molecule has 3 heteroatoms. The van der Waals surface area contributed by atoms with Gasteiger partial charge in [-0.1, -0.05) is 6.07 Å². The molecule has 1 aromatic rings. The van der Waals surface area contributed by atoms with Crippen LogP contribution in [0, 0.1) is 5.82 Å². The first kappa shape index (κ1) is 11.7. The Morgan fingerprint density at radius 2 is 2.07 bits per heavy atom. The molecular weight excluding hydrogens is 245 g/mol. The summed E-state index contributed by atoms with van der Waals surface area (Å²) in [6, 6.07) is 5.20. The lowest BCUT2D eigenvalue weighted by molar-refractivity contribution is 0.476. The molecule has 1 nitrogen and oxygen atoms in total. The molecule has 0 unspecified atom stereocenters. The molecule has 0 aromatic heterocycles. The van der Waals surface area contributed by atoms with Gasteiger partial charge in [0.05, 0.1) is 4.47 Å². The second kappa shape index (κ2) is 4.41. The van der Waals surface area contributed by atoms with Gasteiger partial charge < -0.3 is 5.73 Å². The molecule has 78 valence electrons. The minimum absolute atomic E-state index is 0.191. The Labute approximate surface area is 92.6 Å². The molecule has 0 amide bonds. The molecular formula is C11H15BrFN. The van der Waals surface area contributed by atoms with Crippen molar-refractivity contribution >= 4 is 15.9 Å². The maximum Gasteiger partial charge on any atom is 0.137 e. The minimum atomic E-state index is -0.211. The van der Waals surface area contributed by atoms with Crippen LogP contribution in [0.4, 0.5) is 4.39 Å². The molecule has 2 N–H and O–H groups in total. The summed E-state index contributed by atoms with van der Waals surface area (Å²) >= 11 is 3.12. The molecule has 1 rings (SSSR count). The van der Waals surface area contributed by atoms with Gasteiger partial charge in [0.2, 0.25) is 0 Å². The Balaban J connectivity index is 2.65. The number of rotatable bonds is 3. The summed E-state index contributed by atoms with van der Waals surface area (Å²) in [4.78, 5) is 0. The molecule has 0 spiro atoms. The lowest BCUT2D eigenvalue weighted by Gasteiger charge is -2.17. The largest absolute Gasteiger partial charge is 0.326 e. The van der Waals surface area contributed by atoms with Crippen molar-refractivity contribution in [3.8, 4) is 0 Å². The van der Waals surface area contributed by atoms with Crippen molar-refractivity contribution in [2.24, 2.45) is 5.73 Å². The summed E-state index contributed by atoms with van der Waals surface area (Å²) in [6.07, 6.45) is 1.67. The second-order valence-corrected chi connectivity index (χ2v) is 5.09. The zero-order valence-corrected chi connectivity index (χ0v) is 10.1. The van der Waals surface area contributed by atoms with Gasteiger partial charge in [0.15, 0.2) is 0 Å². The number of hydrogen-bond acceptors (Lipinski definition) is 1. The third kappa shape index (κ3) is 3.76. The highest BCUT2D eigenvalue weighted by atomic mass is 79.9. The zero-order valence-electron chi connectivity index (χ0n) is 8.48. The number of benzene rings is 1. The fourth-order valence-electron chi connectivity index (χ4n) is 1.16. The fourth-order valence-corrected chi connectivity index (χ4v) is 1.41. The smallest absolute Gasteiger partial charge is 0.137 e. The van der Waals surface area contributed by atoms with E-state index in [-0.39, 0.29) is 11.4 Å². The Hall–Kier alpha value is -0.410. The Morgan fingerprint density at radius 3 is 2.57 bits per heavy atom. The van der Waals surface area contributed by atoms with Crippen molar-refractivity contribution in [3.05, 3.63) is 34.1 Å². The topological polar surface area (TPSA) is 26.0 Å². The summed E-state index contributed by atoms with van der Waals surface area (Å²) < 4.78 is 13.6. The summed E-state index contributed by atoms with van der Waals surface area (Å²) in [5, 5.41) is 0. The van der Waals surface area contributed by atoms with Crippen LogP contribution in [-0.2, 0) is 6.42 Å². The van der Waals surface area contributed by atoms with E-state index in [1.54, 1.807) is 12.1 Å². The lowest BCUT2D eigenvalue weighted by atomic mass is 9.97. The Bertz CT molecular complexity index is 318. The SMILES string of the molecule is CC(C)(N)CCc1ccc(Br)c(F)c1. The van der Waals surface area contributed by atoms with Gasteiger partial charge in [0.1, 0.15) is 5.82 Å². The van der Waals surface area contributed by atoms with Crippen molar-refractivity contribution in [3.63, 3.8) is 0 Å². The number of nitrogens with two attached hydrogens (primary N) is 1. The molecule has 0 fully saturated rings. The molecule has 0 aliphatic heterocycles. The monoisotopic (exact) mass is 259 g/mol. The molecule has 0 atom stereocenters. The van der Waals surface area contributed by atoms with E-state index in [1.165, 1.54) is 0 Å². The van der Waals surface area contributed by atoms with Crippen molar-refractivity contribution < 1.29 is 4.39 Å². The van der Waals surface area contributed by atoms with Crippen molar-refractivity contribution in [1.29, 1.82) is 0 Å². The zero-order chi connectivity index (χ0) is 10.8. The van der Waals surface area contributed by atoms with Crippen molar-refractivity contribution in [2.45, 2.75) is 32.2 Å². The Kier molecular flexibility index (Phi) is 3.67. The van der Waals surface area contributed by atoms with E-state index in [1.807, 2.05) is 19.9 Å². The first-order valence-electron chi connectivity index (χ1n) is 4.61. The van der Waals surface area contributed by atoms with Gasteiger partial charge in [-0.05, 0) is 60.3 Å². The summed E-state index contributed by atoms with van der Waals surface area (Å²) in [7, 11) is 0. The average molecular weight is 260 g/mol. The Morgan fingerprint density at radius 1 is 1.43 bits per heavy atom. The van der Waals surface area contributed by atoms with Crippen LogP contribution in [-0.4, -0.2) is 5.54 Å². The van der Waals surface area contributed by atoms with Crippen LogP contribution in [0.3, 0.4) is 0 Å². The predicted octanol–water partition coefficient (Wildman–Crippen LogP) is 3.26. The predicted molar refractivity (Wildman–Crippen MR) is 60.7 cm³/mol. The first-order valence-corrected chi connectivity index (χ1v) is 5.40. The van der Waals surface area contributed by atoms with E-state index < -0.39 is 0 Å². The maximum atomic E-state index is 13.1. The molecule has 0 bridgehead atoms.